The molecule has 0 atom stereocenters. The first kappa shape index (κ1) is 14.6. The number of hydrogen-bond donors (Lipinski definition) is 2. The number of sulfonamides is 1. The van der Waals surface area contributed by atoms with Crippen molar-refractivity contribution in [1.29, 1.82) is 0 Å². The summed E-state index contributed by atoms with van der Waals surface area (Å²) in [5, 5.41) is 0.0114. The number of imidazole rings is 1. The summed E-state index contributed by atoms with van der Waals surface area (Å²) in [4.78, 5) is 7.82. The smallest absolute Gasteiger partial charge is 0.258 e. The lowest BCUT2D eigenvalue weighted by molar-refractivity contribution is 0.566. The number of nitrogens with one attached hydrogen (secondary N) is 1. The Morgan fingerprint density at radius 1 is 1.35 bits per heavy atom. The molecule has 108 valence electrons. The molecule has 0 unspecified atom stereocenters. The molecule has 8 heteroatoms. The summed E-state index contributed by atoms with van der Waals surface area (Å²) in [5.41, 5.74) is 6.24. The molecule has 0 radical (unpaired) electrons. The van der Waals surface area contributed by atoms with Crippen LogP contribution < -0.4 is 10.5 Å². The molecule has 0 saturated heterocycles. The van der Waals surface area contributed by atoms with Gasteiger partial charge in [0.1, 0.15) is 0 Å². The van der Waals surface area contributed by atoms with E-state index in [1.54, 1.807) is 18.6 Å². The molecule has 7 nitrogen and oxygen atoms in total. The van der Waals surface area contributed by atoms with Gasteiger partial charge in [-0.3, -0.25) is 0 Å². The third-order valence-electron chi connectivity index (χ3n) is 2.75. The van der Waals surface area contributed by atoms with Crippen molar-refractivity contribution in [2.45, 2.75) is 24.5 Å². The zero-order valence-corrected chi connectivity index (χ0v) is 11.8. The maximum atomic E-state index is 12.0. The second-order valence-corrected chi connectivity index (χ2v) is 5.97. The molecular weight excluding hydrogens is 278 g/mol. The van der Waals surface area contributed by atoms with Gasteiger partial charge in [-0.05, 0) is 18.1 Å². The molecular formula is C12H17N5O2S. The highest BCUT2D eigenvalue weighted by atomic mass is 32.2. The van der Waals surface area contributed by atoms with E-state index < -0.39 is 10.0 Å². The molecule has 3 N–H and O–H groups in total. The molecule has 0 aromatic carbocycles. The zero-order chi connectivity index (χ0) is 14.4. The molecule has 0 bridgehead atoms. The van der Waals surface area contributed by atoms with E-state index in [-0.39, 0.29) is 5.03 Å². The van der Waals surface area contributed by atoms with Crippen LogP contribution in [0.5, 0.6) is 0 Å². The molecule has 2 aromatic heterocycles. The molecule has 20 heavy (non-hydrogen) atoms. The lowest BCUT2D eigenvalue weighted by Gasteiger charge is -2.07. The summed E-state index contributed by atoms with van der Waals surface area (Å²) < 4.78 is 28.3. The van der Waals surface area contributed by atoms with E-state index in [9.17, 15) is 8.42 Å². The van der Waals surface area contributed by atoms with Crippen LogP contribution in [-0.2, 0) is 23.1 Å². The number of nitrogens with two attached hydrogens (primary N) is 1. The highest BCUT2D eigenvalue weighted by molar-refractivity contribution is 7.89. The summed E-state index contributed by atoms with van der Waals surface area (Å²) in [6.07, 6.45) is 7.37. The number of rotatable bonds is 7. The molecule has 2 heterocycles. The fraction of sp³-hybridized carbons (Fsp3) is 0.333. The van der Waals surface area contributed by atoms with Gasteiger partial charge in [0.05, 0.1) is 6.33 Å². The zero-order valence-electron chi connectivity index (χ0n) is 10.9. The Morgan fingerprint density at radius 3 is 2.80 bits per heavy atom. The van der Waals surface area contributed by atoms with Crippen LogP contribution >= 0.6 is 0 Å². The third-order valence-corrected chi connectivity index (χ3v) is 4.13. The fourth-order valence-corrected chi connectivity index (χ4v) is 2.65. The Bertz CT molecular complexity index is 622. The molecule has 2 rings (SSSR count). The molecule has 0 amide bonds. The summed E-state index contributed by atoms with van der Waals surface area (Å²) in [7, 11) is -3.55. The van der Waals surface area contributed by atoms with E-state index in [0.29, 0.717) is 26.1 Å². The number of aryl methyl sites for hydroxylation is 1. The van der Waals surface area contributed by atoms with Crippen LogP contribution in [0, 0.1) is 0 Å². The molecule has 0 aliphatic heterocycles. The molecule has 0 fully saturated rings. The monoisotopic (exact) mass is 295 g/mol. The SMILES string of the molecule is NCc1ccc(S(=O)(=O)NCCCn2ccnc2)nc1. The second-order valence-electron chi connectivity index (χ2n) is 4.26. The van der Waals surface area contributed by atoms with Crippen LogP contribution in [0.15, 0.2) is 42.1 Å². The van der Waals surface area contributed by atoms with Crippen molar-refractivity contribution in [2.75, 3.05) is 6.54 Å². The Labute approximate surface area is 117 Å². The first-order chi connectivity index (χ1) is 9.62. The third kappa shape index (κ3) is 3.86. The summed E-state index contributed by atoms with van der Waals surface area (Å²) in [6.45, 7) is 1.40. The van der Waals surface area contributed by atoms with Crippen molar-refractivity contribution in [3.05, 3.63) is 42.6 Å². The van der Waals surface area contributed by atoms with E-state index in [1.807, 2.05) is 10.8 Å². The fourth-order valence-electron chi connectivity index (χ4n) is 1.65. The van der Waals surface area contributed by atoms with Crippen molar-refractivity contribution in [2.24, 2.45) is 5.73 Å². The van der Waals surface area contributed by atoms with Gasteiger partial charge in [0.15, 0.2) is 5.03 Å². The first-order valence-electron chi connectivity index (χ1n) is 6.22. The minimum atomic E-state index is -3.55. The van der Waals surface area contributed by atoms with Crippen molar-refractivity contribution in [1.82, 2.24) is 19.3 Å². The highest BCUT2D eigenvalue weighted by Gasteiger charge is 2.14. The predicted molar refractivity (Wildman–Crippen MR) is 74.2 cm³/mol. The largest absolute Gasteiger partial charge is 0.337 e. The second kappa shape index (κ2) is 6.60. The average Bonchev–Trinajstić information content (AvgIpc) is 2.97. The van der Waals surface area contributed by atoms with Crippen molar-refractivity contribution in [3.8, 4) is 0 Å². The number of pyridine rings is 1. The minimum Gasteiger partial charge on any atom is -0.337 e. The predicted octanol–water partition coefficient (Wildman–Crippen LogP) is 0.105. The number of nitrogens with zero attached hydrogens (tertiary/aromatic N) is 3. The molecule has 0 aliphatic carbocycles. The highest BCUT2D eigenvalue weighted by Crippen LogP contribution is 2.06. The topological polar surface area (TPSA) is 103 Å². The molecule has 2 aromatic rings. The summed E-state index contributed by atoms with van der Waals surface area (Å²) in [6, 6.07) is 3.12. The van der Waals surface area contributed by atoms with Crippen molar-refractivity contribution in [3.63, 3.8) is 0 Å². The van der Waals surface area contributed by atoms with Gasteiger partial charge < -0.3 is 10.3 Å². The van der Waals surface area contributed by atoms with Gasteiger partial charge in [-0.25, -0.2) is 23.1 Å². The lowest BCUT2D eigenvalue weighted by Crippen LogP contribution is -2.26. The lowest BCUT2D eigenvalue weighted by atomic mass is 10.3. The maximum absolute atomic E-state index is 12.0. The van der Waals surface area contributed by atoms with Crippen LogP contribution in [0.25, 0.3) is 0 Å². The summed E-state index contributed by atoms with van der Waals surface area (Å²) >= 11 is 0. The van der Waals surface area contributed by atoms with E-state index in [1.165, 1.54) is 12.3 Å². The quantitative estimate of drug-likeness (QED) is 0.705. The Hall–Kier alpha value is -1.77. The van der Waals surface area contributed by atoms with Gasteiger partial charge >= 0.3 is 0 Å². The number of aromatic nitrogens is 3. The van der Waals surface area contributed by atoms with Crippen LogP contribution in [0.2, 0.25) is 0 Å². The normalized spacial score (nSPS) is 11.7. The molecule has 0 spiro atoms. The van der Waals surface area contributed by atoms with Crippen LogP contribution in [0.3, 0.4) is 0 Å². The standard InChI is InChI=1S/C12H17N5O2S/c13-8-11-2-3-12(15-9-11)20(18,19)16-4-1-6-17-7-5-14-10-17/h2-3,5,7,9-10,16H,1,4,6,8,13H2. The van der Waals surface area contributed by atoms with Crippen LogP contribution in [0.1, 0.15) is 12.0 Å². The maximum Gasteiger partial charge on any atom is 0.258 e. The van der Waals surface area contributed by atoms with Crippen molar-refractivity contribution < 1.29 is 8.42 Å². The van der Waals surface area contributed by atoms with Crippen LogP contribution in [0.4, 0.5) is 0 Å². The number of hydrogen-bond acceptors (Lipinski definition) is 5. The average molecular weight is 295 g/mol. The first-order valence-corrected chi connectivity index (χ1v) is 7.70. The Kier molecular flexibility index (Phi) is 4.83. The van der Waals surface area contributed by atoms with E-state index in [0.717, 1.165) is 5.56 Å². The van der Waals surface area contributed by atoms with Crippen molar-refractivity contribution >= 4 is 10.0 Å². The molecule has 0 aliphatic rings. The Balaban J connectivity index is 1.86. The molecule has 0 saturated carbocycles. The van der Waals surface area contributed by atoms with Gasteiger partial charge in [-0.15, -0.1) is 0 Å². The van der Waals surface area contributed by atoms with Gasteiger partial charge in [-0.2, -0.15) is 0 Å². The van der Waals surface area contributed by atoms with Gasteiger partial charge in [0.25, 0.3) is 10.0 Å². The Morgan fingerprint density at radius 2 is 2.20 bits per heavy atom. The van der Waals surface area contributed by atoms with Gasteiger partial charge in [0.2, 0.25) is 0 Å². The van der Waals surface area contributed by atoms with Gasteiger partial charge in [0, 0.05) is 38.2 Å². The van der Waals surface area contributed by atoms with E-state index in [2.05, 4.69) is 14.7 Å². The van der Waals surface area contributed by atoms with Gasteiger partial charge in [-0.1, -0.05) is 6.07 Å². The van der Waals surface area contributed by atoms with E-state index in [4.69, 9.17) is 5.73 Å². The van der Waals surface area contributed by atoms with Crippen LogP contribution in [-0.4, -0.2) is 29.5 Å². The minimum absolute atomic E-state index is 0.0114. The summed E-state index contributed by atoms with van der Waals surface area (Å²) in [5.74, 6) is 0. The van der Waals surface area contributed by atoms with E-state index >= 15 is 0 Å².